The molecule has 92 valence electrons. The van der Waals surface area contributed by atoms with Crippen LogP contribution in [-0.2, 0) is 4.74 Å². The Hall–Kier alpha value is -0.770. The lowest BCUT2D eigenvalue weighted by molar-refractivity contribution is 0.0164. The van der Waals surface area contributed by atoms with Crippen molar-refractivity contribution in [3.63, 3.8) is 0 Å². The Bertz CT molecular complexity index is 273. The second kappa shape index (κ2) is 4.24. The normalized spacial score (nSPS) is 30.1. The van der Waals surface area contributed by atoms with E-state index in [2.05, 4.69) is 5.32 Å². The van der Waals surface area contributed by atoms with Crippen LogP contribution in [0.25, 0.3) is 0 Å². The van der Waals surface area contributed by atoms with E-state index in [1.807, 2.05) is 25.7 Å². The molecule has 0 aromatic carbocycles. The summed E-state index contributed by atoms with van der Waals surface area (Å²) in [6.07, 6.45) is 2.20. The van der Waals surface area contributed by atoms with Gasteiger partial charge in [-0.1, -0.05) is 0 Å². The molecule has 0 unspecified atom stereocenters. The van der Waals surface area contributed by atoms with Gasteiger partial charge in [-0.15, -0.1) is 0 Å². The number of hydrogen-bond acceptors (Lipinski definition) is 3. The summed E-state index contributed by atoms with van der Waals surface area (Å²) in [5, 5.41) is 3.46. The van der Waals surface area contributed by atoms with Gasteiger partial charge >= 0.3 is 6.09 Å². The minimum atomic E-state index is -0.392. The van der Waals surface area contributed by atoms with Crippen LogP contribution in [0.3, 0.4) is 0 Å². The van der Waals surface area contributed by atoms with Gasteiger partial charge in [0.2, 0.25) is 0 Å². The van der Waals surface area contributed by atoms with Crippen LogP contribution in [-0.4, -0.2) is 42.3 Å². The van der Waals surface area contributed by atoms with E-state index in [1.54, 1.807) is 0 Å². The van der Waals surface area contributed by atoms with Gasteiger partial charge < -0.3 is 15.0 Å². The molecule has 4 nitrogen and oxygen atoms in total. The lowest BCUT2D eigenvalue weighted by Crippen LogP contribution is -2.50. The molecule has 0 spiro atoms. The number of carbonyl (C=O) groups is 1. The topological polar surface area (TPSA) is 41.6 Å². The number of nitrogens with zero attached hydrogens (tertiary/aromatic N) is 1. The highest BCUT2D eigenvalue weighted by Crippen LogP contribution is 2.25. The molecule has 2 rings (SSSR count). The summed E-state index contributed by atoms with van der Waals surface area (Å²) in [5.74, 6) is 0.763. The molecule has 2 fully saturated rings. The van der Waals surface area contributed by atoms with Gasteiger partial charge in [0, 0.05) is 19.1 Å². The van der Waals surface area contributed by atoms with Crippen molar-refractivity contribution in [2.45, 2.75) is 45.3 Å². The Kier molecular flexibility index (Phi) is 3.10. The standard InChI is InChI=1S/C12H22N2O2/c1-12(2,3)16-11(15)14-7-5-9-4-6-13-10(9)8-14/h9-10,13H,4-8H2,1-3H3/t9-,10-/m0/s1. The molecule has 0 bridgehead atoms. The van der Waals surface area contributed by atoms with Gasteiger partial charge in [-0.25, -0.2) is 4.79 Å². The minimum Gasteiger partial charge on any atom is -0.444 e. The van der Waals surface area contributed by atoms with Crippen molar-refractivity contribution < 1.29 is 9.53 Å². The number of hydrogen-bond donors (Lipinski definition) is 1. The third-order valence-corrected chi connectivity index (χ3v) is 3.33. The summed E-state index contributed by atoms with van der Waals surface area (Å²) in [5.41, 5.74) is -0.392. The zero-order valence-electron chi connectivity index (χ0n) is 10.5. The Morgan fingerprint density at radius 3 is 2.81 bits per heavy atom. The predicted molar refractivity (Wildman–Crippen MR) is 62.3 cm³/mol. The van der Waals surface area contributed by atoms with E-state index >= 15 is 0 Å². The maximum absolute atomic E-state index is 11.9. The van der Waals surface area contributed by atoms with Gasteiger partial charge in [-0.2, -0.15) is 0 Å². The van der Waals surface area contributed by atoms with Gasteiger partial charge in [0.15, 0.2) is 0 Å². The quantitative estimate of drug-likeness (QED) is 0.682. The largest absolute Gasteiger partial charge is 0.444 e. The predicted octanol–water partition coefficient (Wildman–Crippen LogP) is 1.61. The first kappa shape index (κ1) is 11.7. The molecule has 4 heteroatoms. The number of rotatable bonds is 0. The Morgan fingerprint density at radius 1 is 1.38 bits per heavy atom. The molecule has 1 N–H and O–H groups in total. The van der Waals surface area contributed by atoms with Gasteiger partial charge in [0.05, 0.1) is 0 Å². The first-order valence-corrected chi connectivity index (χ1v) is 6.17. The monoisotopic (exact) mass is 226 g/mol. The smallest absolute Gasteiger partial charge is 0.410 e. The third-order valence-electron chi connectivity index (χ3n) is 3.33. The van der Waals surface area contributed by atoms with E-state index in [0.717, 1.165) is 32.0 Å². The van der Waals surface area contributed by atoms with E-state index in [0.29, 0.717) is 6.04 Å². The van der Waals surface area contributed by atoms with Crippen LogP contribution in [0.5, 0.6) is 0 Å². The van der Waals surface area contributed by atoms with Crippen molar-refractivity contribution in [1.29, 1.82) is 0 Å². The minimum absolute atomic E-state index is 0.167. The molecule has 2 saturated heterocycles. The second-order valence-electron chi connectivity index (χ2n) is 5.82. The second-order valence-corrected chi connectivity index (χ2v) is 5.82. The average Bonchev–Trinajstić information content (AvgIpc) is 2.61. The summed E-state index contributed by atoms with van der Waals surface area (Å²) in [6.45, 7) is 8.47. The third kappa shape index (κ3) is 2.67. The molecule has 2 aliphatic rings. The van der Waals surface area contributed by atoms with E-state index in [9.17, 15) is 4.79 Å². The average molecular weight is 226 g/mol. The van der Waals surface area contributed by atoms with E-state index in [1.165, 1.54) is 6.42 Å². The van der Waals surface area contributed by atoms with Crippen molar-refractivity contribution >= 4 is 6.09 Å². The lowest BCUT2D eigenvalue weighted by atomic mass is 9.93. The summed E-state index contributed by atoms with van der Waals surface area (Å²) in [4.78, 5) is 13.7. The van der Waals surface area contributed by atoms with Crippen LogP contribution >= 0.6 is 0 Å². The van der Waals surface area contributed by atoms with Crippen LogP contribution in [0.4, 0.5) is 4.79 Å². The molecule has 16 heavy (non-hydrogen) atoms. The van der Waals surface area contributed by atoms with E-state index in [4.69, 9.17) is 4.74 Å². The van der Waals surface area contributed by atoms with Gasteiger partial charge in [0.25, 0.3) is 0 Å². The van der Waals surface area contributed by atoms with E-state index < -0.39 is 5.60 Å². The molecule has 2 heterocycles. The SMILES string of the molecule is CC(C)(C)OC(=O)N1CC[C@@H]2CCN[C@H]2C1. The molecule has 0 radical (unpaired) electrons. The summed E-state index contributed by atoms with van der Waals surface area (Å²) in [7, 11) is 0. The number of amides is 1. The van der Waals surface area contributed by atoms with Crippen molar-refractivity contribution in [2.24, 2.45) is 5.92 Å². The molecule has 0 aromatic heterocycles. The molecule has 0 saturated carbocycles. The fraction of sp³-hybridized carbons (Fsp3) is 0.917. The molecule has 2 atom stereocenters. The summed E-state index contributed by atoms with van der Waals surface area (Å²) < 4.78 is 5.38. The number of nitrogens with one attached hydrogen (secondary N) is 1. The zero-order chi connectivity index (χ0) is 11.8. The Labute approximate surface area is 97.3 Å². The number of piperidine rings is 1. The van der Waals surface area contributed by atoms with Crippen molar-refractivity contribution in [3.8, 4) is 0 Å². The number of ether oxygens (including phenoxy) is 1. The highest BCUT2D eigenvalue weighted by molar-refractivity contribution is 5.68. The van der Waals surface area contributed by atoms with Crippen molar-refractivity contribution in [2.75, 3.05) is 19.6 Å². The Balaban J connectivity index is 1.89. The fourth-order valence-electron chi connectivity index (χ4n) is 2.52. The highest BCUT2D eigenvalue weighted by Gasteiger charge is 2.35. The maximum atomic E-state index is 11.9. The molecule has 0 aliphatic carbocycles. The summed E-state index contributed by atoms with van der Waals surface area (Å²) >= 11 is 0. The lowest BCUT2D eigenvalue weighted by Gasteiger charge is -2.35. The number of carbonyl (C=O) groups excluding carboxylic acids is 1. The fourth-order valence-corrected chi connectivity index (χ4v) is 2.52. The van der Waals surface area contributed by atoms with Crippen LogP contribution in [0.1, 0.15) is 33.6 Å². The van der Waals surface area contributed by atoms with Gasteiger partial charge in [-0.3, -0.25) is 0 Å². The van der Waals surface area contributed by atoms with Crippen molar-refractivity contribution in [1.82, 2.24) is 10.2 Å². The summed E-state index contributed by atoms with van der Waals surface area (Å²) in [6, 6.07) is 0.487. The molecular weight excluding hydrogens is 204 g/mol. The first-order valence-electron chi connectivity index (χ1n) is 6.17. The van der Waals surface area contributed by atoms with Crippen LogP contribution in [0.15, 0.2) is 0 Å². The number of fused-ring (bicyclic) bond motifs is 1. The molecule has 2 aliphatic heterocycles. The number of likely N-dealkylation sites (tertiary alicyclic amines) is 1. The molecular formula is C12H22N2O2. The Morgan fingerprint density at radius 2 is 2.12 bits per heavy atom. The van der Waals surface area contributed by atoms with E-state index in [-0.39, 0.29) is 6.09 Å². The van der Waals surface area contributed by atoms with Crippen LogP contribution in [0, 0.1) is 5.92 Å². The van der Waals surface area contributed by atoms with Crippen molar-refractivity contribution in [3.05, 3.63) is 0 Å². The maximum Gasteiger partial charge on any atom is 0.410 e. The first-order chi connectivity index (χ1) is 7.46. The van der Waals surface area contributed by atoms with Gasteiger partial charge in [-0.05, 0) is 46.1 Å². The molecule has 0 aromatic rings. The molecule has 1 amide bonds. The highest BCUT2D eigenvalue weighted by atomic mass is 16.6. The van der Waals surface area contributed by atoms with Gasteiger partial charge in [0.1, 0.15) is 5.60 Å². The zero-order valence-corrected chi connectivity index (χ0v) is 10.5. The van der Waals surface area contributed by atoms with Crippen LogP contribution < -0.4 is 5.32 Å². The van der Waals surface area contributed by atoms with Crippen LogP contribution in [0.2, 0.25) is 0 Å².